The van der Waals surface area contributed by atoms with Gasteiger partial charge in [0.05, 0.1) is 26.9 Å². The lowest BCUT2D eigenvalue weighted by Gasteiger charge is -2.07. The van der Waals surface area contributed by atoms with E-state index >= 15 is 0 Å². The number of rotatable bonds is 8. The third-order valence-electron chi connectivity index (χ3n) is 4.43. The van der Waals surface area contributed by atoms with Crippen LogP contribution in [0.2, 0.25) is 0 Å². The number of methoxy groups -OCH3 is 2. The van der Waals surface area contributed by atoms with E-state index in [4.69, 9.17) is 9.47 Å². The number of benzene rings is 3. The van der Waals surface area contributed by atoms with Gasteiger partial charge < -0.3 is 14.8 Å². The summed E-state index contributed by atoms with van der Waals surface area (Å²) in [5.41, 5.74) is 5.19. The Kier molecular flexibility index (Phi) is 7.37. The summed E-state index contributed by atoms with van der Waals surface area (Å²) in [5, 5.41) is 6.79. The van der Waals surface area contributed by atoms with Crippen molar-refractivity contribution in [3.63, 3.8) is 0 Å². The smallest absolute Gasteiger partial charge is 0.271 e. The van der Waals surface area contributed by atoms with Gasteiger partial charge in [-0.2, -0.15) is 5.10 Å². The molecule has 0 aliphatic carbocycles. The van der Waals surface area contributed by atoms with Gasteiger partial charge >= 0.3 is 0 Å². The number of nitrogens with one attached hydrogen (secondary N) is 2. The predicted molar refractivity (Wildman–Crippen MR) is 120 cm³/mol. The van der Waals surface area contributed by atoms with Gasteiger partial charge in [-0.1, -0.05) is 30.3 Å². The zero-order valence-electron chi connectivity index (χ0n) is 17.3. The molecule has 3 aromatic rings. The van der Waals surface area contributed by atoms with Crippen LogP contribution in [0.4, 0.5) is 5.69 Å². The highest BCUT2D eigenvalue weighted by molar-refractivity contribution is 5.96. The van der Waals surface area contributed by atoms with Crippen molar-refractivity contribution >= 4 is 23.7 Å². The van der Waals surface area contributed by atoms with Gasteiger partial charge in [0.2, 0.25) is 5.91 Å². The average Bonchev–Trinajstić information content (AvgIpc) is 2.80. The van der Waals surface area contributed by atoms with E-state index in [1.165, 1.54) is 6.21 Å². The Morgan fingerprint density at radius 1 is 0.903 bits per heavy atom. The largest absolute Gasteiger partial charge is 0.493 e. The monoisotopic (exact) mass is 417 g/mol. The van der Waals surface area contributed by atoms with Gasteiger partial charge in [-0.15, -0.1) is 0 Å². The average molecular weight is 417 g/mol. The molecular formula is C24H23N3O4. The van der Waals surface area contributed by atoms with Crippen molar-refractivity contribution in [1.29, 1.82) is 0 Å². The van der Waals surface area contributed by atoms with Crippen LogP contribution in [0.15, 0.2) is 77.9 Å². The second-order valence-corrected chi connectivity index (χ2v) is 6.60. The Bertz CT molecular complexity index is 1060. The number of hydrogen-bond acceptors (Lipinski definition) is 5. The highest BCUT2D eigenvalue weighted by Crippen LogP contribution is 2.26. The molecule has 2 amide bonds. The molecule has 0 atom stereocenters. The van der Waals surface area contributed by atoms with E-state index in [2.05, 4.69) is 15.8 Å². The number of amides is 2. The number of anilines is 1. The van der Waals surface area contributed by atoms with Crippen LogP contribution in [-0.2, 0) is 11.2 Å². The lowest BCUT2D eigenvalue weighted by Crippen LogP contribution is -2.18. The minimum atomic E-state index is -0.362. The number of hydrogen-bond donors (Lipinski definition) is 2. The van der Waals surface area contributed by atoms with E-state index in [0.717, 1.165) is 11.1 Å². The van der Waals surface area contributed by atoms with Crippen molar-refractivity contribution in [2.45, 2.75) is 6.42 Å². The molecule has 0 saturated heterocycles. The molecule has 158 valence electrons. The van der Waals surface area contributed by atoms with Crippen molar-refractivity contribution in [2.75, 3.05) is 19.5 Å². The Morgan fingerprint density at radius 3 is 2.29 bits per heavy atom. The van der Waals surface area contributed by atoms with E-state index in [0.29, 0.717) is 22.7 Å². The molecule has 0 saturated carbocycles. The zero-order chi connectivity index (χ0) is 22.1. The number of ether oxygens (including phenoxy) is 2. The molecule has 0 unspecified atom stereocenters. The fourth-order valence-corrected chi connectivity index (χ4v) is 2.85. The summed E-state index contributed by atoms with van der Waals surface area (Å²) < 4.78 is 10.4. The minimum Gasteiger partial charge on any atom is -0.493 e. The van der Waals surface area contributed by atoms with Gasteiger partial charge in [0.15, 0.2) is 11.5 Å². The van der Waals surface area contributed by atoms with E-state index < -0.39 is 0 Å². The highest BCUT2D eigenvalue weighted by atomic mass is 16.5. The molecule has 0 bridgehead atoms. The van der Waals surface area contributed by atoms with Crippen LogP contribution in [0.1, 0.15) is 21.5 Å². The number of nitrogens with zero attached hydrogens (tertiary/aromatic N) is 1. The molecule has 0 aliphatic heterocycles. The van der Waals surface area contributed by atoms with Crippen molar-refractivity contribution < 1.29 is 19.1 Å². The molecule has 0 aliphatic rings. The Balaban J connectivity index is 1.54. The van der Waals surface area contributed by atoms with E-state index in [9.17, 15) is 9.59 Å². The molecule has 0 spiro atoms. The van der Waals surface area contributed by atoms with Crippen LogP contribution >= 0.6 is 0 Å². The van der Waals surface area contributed by atoms with Crippen LogP contribution in [0.5, 0.6) is 11.5 Å². The van der Waals surface area contributed by atoms with Crippen LogP contribution in [0.3, 0.4) is 0 Å². The van der Waals surface area contributed by atoms with Gasteiger partial charge in [0.25, 0.3) is 5.91 Å². The maximum Gasteiger partial charge on any atom is 0.271 e. The number of hydrazone groups is 1. The Labute approximate surface area is 180 Å². The summed E-state index contributed by atoms with van der Waals surface area (Å²) in [5.74, 6) is 0.698. The minimum absolute atomic E-state index is 0.122. The summed E-state index contributed by atoms with van der Waals surface area (Å²) >= 11 is 0. The lowest BCUT2D eigenvalue weighted by atomic mass is 10.1. The first-order valence-corrected chi connectivity index (χ1v) is 9.58. The molecule has 3 rings (SSSR count). The molecule has 31 heavy (non-hydrogen) atoms. The molecule has 7 heteroatoms. The molecule has 2 N–H and O–H groups in total. The molecule has 0 fully saturated rings. The Hall–Kier alpha value is -4.13. The van der Waals surface area contributed by atoms with Gasteiger partial charge in [-0.25, -0.2) is 5.43 Å². The maximum atomic E-state index is 12.3. The standard InChI is InChI=1S/C24H23N3O4/c1-30-21-13-8-18(14-22(21)31-2)16-25-27-24(29)19-9-11-20(12-10-19)26-23(28)15-17-6-4-3-5-7-17/h3-14,16H,15H2,1-2H3,(H,26,28)(H,27,29)/b25-16-. The van der Waals surface area contributed by atoms with Crippen molar-refractivity contribution in [3.8, 4) is 11.5 Å². The van der Waals surface area contributed by atoms with E-state index in [-0.39, 0.29) is 18.2 Å². The van der Waals surface area contributed by atoms with Gasteiger partial charge in [0, 0.05) is 11.3 Å². The van der Waals surface area contributed by atoms with Crippen LogP contribution in [0.25, 0.3) is 0 Å². The number of carbonyl (C=O) groups excluding carboxylic acids is 2. The summed E-state index contributed by atoms with van der Waals surface area (Å²) in [7, 11) is 3.11. The summed E-state index contributed by atoms with van der Waals surface area (Å²) in [4.78, 5) is 24.4. The molecule has 3 aromatic carbocycles. The van der Waals surface area contributed by atoms with Gasteiger partial charge in [0.1, 0.15) is 0 Å². The van der Waals surface area contributed by atoms with Crippen LogP contribution < -0.4 is 20.2 Å². The number of carbonyl (C=O) groups is 2. The van der Waals surface area contributed by atoms with Gasteiger partial charge in [-0.3, -0.25) is 9.59 Å². The highest BCUT2D eigenvalue weighted by Gasteiger charge is 2.07. The van der Waals surface area contributed by atoms with Crippen molar-refractivity contribution in [2.24, 2.45) is 5.10 Å². The first kappa shape index (κ1) is 21.6. The molecule has 0 aromatic heterocycles. The molecule has 0 radical (unpaired) electrons. The fourth-order valence-electron chi connectivity index (χ4n) is 2.85. The fraction of sp³-hybridized carbons (Fsp3) is 0.125. The first-order chi connectivity index (χ1) is 15.1. The SMILES string of the molecule is COc1ccc(/C=N\NC(=O)c2ccc(NC(=O)Cc3ccccc3)cc2)cc1OC. The second-order valence-electron chi connectivity index (χ2n) is 6.60. The third-order valence-corrected chi connectivity index (χ3v) is 4.43. The van der Waals surface area contributed by atoms with E-state index in [1.54, 1.807) is 56.7 Å². The predicted octanol–water partition coefficient (Wildman–Crippen LogP) is 3.65. The normalized spacial score (nSPS) is 10.5. The lowest BCUT2D eigenvalue weighted by molar-refractivity contribution is -0.115. The summed E-state index contributed by atoms with van der Waals surface area (Å²) in [6.45, 7) is 0. The molecule has 7 nitrogen and oxygen atoms in total. The van der Waals surface area contributed by atoms with Gasteiger partial charge in [-0.05, 0) is 53.6 Å². The maximum absolute atomic E-state index is 12.3. The molecular weight excluding hydrogens is 394 g/mol. The zero-order valence-corrected chi connectivity index (χ0v) is 17.3. The first-order valence-electron chi connectivity index (χ1n) is 9.58. The summed E-state index contributed by atoms with van der Waals surface area (Å²) in [6.07, 6.45) is 1.80. The quantitative estimate of drug-likeness (QED) is 0.433. The van der Waals surface area contributed by atoms with E-state index in [1.807, 2.05) is 30.3 Å². The Morgan fingerprint density at radius 2 is 1.61 bits per heavy atom. The van der Waals surface area contributed by atoms with Crippen molar-refractivity contribution in [3.05, 3.63) is 89.5 Å². The van der Waals surface area contributed by atoms with Crippen LogP contribution in [-0.4, -0.2) is 32.2 Å². The summed E-state index contributed by atoms with van der Waals surface area (Å²) in [6, 6.07) is 21.4. The topological polar surface area (TPSA) is 89.0 Å². The van der Waals surface area contributed by atoms with Crippen LogP contribution in [0, 0.1) is 0 Å². The van der Waals surface area contributed by atoms with Crippen molar-refractivity contribution in [1.82, 2.24) is 5.43 Å². The third kappa shape index (κ3) is 6.17. The molecule has 0 heterocycles. The second kappa shape index (κ2) is 10.6.